The van der Waals surface area contributed by atoms with Crippen molar-refractivity contribution in [3.63, 3.8) is 0 Å². The number of aromatic nitrogens is 1. The van der Waals surface area contributed by atoms with Gasteiger partial charge < -0.3 is 33.3 Å². The van der Waals surface area contributed by atoms with E-state index in [1.54, 1.807) is 24.3 Å². The Morgan fingerprint density at radius 2 is 0.970 bits per heavy atom. The Morgan fingerprint density at radius 1 is 0.522 bits per heavy atom. The summed E-state index contributed by atoms with van der Waals surface area (Å²) >= 11 is 0. The molecule has 0 aliphatic carbocycles. The molecule has 10 nitrogen and oxygen atoms in total. The van der Waals surface area contributed by atoms with E-state index in [1.165, 1.54) is 0 Å². The van der Waals surface area contributed by atoms with Crippen molar-refractivity contribution in [3.8, 4) is 58.2 Å². The maximum atomic E-state index is 14.3. The summed E-state index contributed by atoms with van der Waals surface area (Å²) in [7, 11) is 0. The Balaban J connectivity index is 1.18. The van der Waals surface area contributed by atoms with E-state index >= 15 is 0 Å². The van der Waals surface area contributed by atoms with Gasteiger partial charge in [-0.25, -0.2) is 9.59 Å². The van der Waals surface area contributed by atoms with E-state index in [0.29, 0.717) is 45.9 Å². The first-order valence-electron chi connectivity index (χ1n) is 22.7. The Bertz CT molecular complexity index is 3100. The van der Waals surface area contributed by atoms with Gasteiger partial charge in [-0.1, -0.05) is 87.4 Å². The summed E-state index contributed by atoms with van der Waals surface area (Å²) in [5, 5.41) is 6.44. The van der Waals surface area contributed by atoms with Crippen LogP contribution in [0.1, 0.15) is 71.6 Å². The zero-order valence-electron chi connectivity index (χ0n) is 37.3. The van der Waals surface area contributed by atoms with E-state index in [1.807, 2.05) is 97.1 Å². The summed E-state index contributed by atoms with van der Waals surface area (Å²) in [4.78, 5) is 35.8. The number of carbonyl (C=O) groups excluding carboxylic acids is 2. The minimum absolute atomic E-state index is 0.0522. The number of fused-ring (bicyclic) bond motifs is 9. The van der Waals surface area contributed by atoms with Gasteiger partial charge in [0.2, 0.25) is 0 Å². The van der Waals surface area contributed by atoms with Gasteiger partial charge in [0.25, 0.3) is 0 Å². The fraction of sp³-hybridized carbons (Fsp3) is 0.211. The normalized spacial score (nSPS) is 13.5. The molecule has 0 amide bonds. The van der Waals surface area contributed by atoms with Gasteiger partial charge in [0.1, 0.15) is 72.1 Å². The highest BCUT2D eigenvalue weighted by atomic mass is 16.5. The van der Waals surface area contributed by atoms with Crippen LogP contribution >= 0.6 is 0 Å². The second-order valence-corrected chi connectivity index (χ2v) is 16.5. The first-order valence-corrected chi connectivity index (χ1v) is 22.7. The van der Waals surface area contributed by atoms with Gasteiger partial charge in [0.05, 0.1) is 11.4 Å². The van der Waals surface area contributed by atoms with Crippen LogP contribution < -0.4 is 23.8 Å². The van der Waals surface area contributed by atoms with Crippen molar-refractivity contribution in [3.05, 3.63) is 144 Å². The zero-order valence-corrected chi connectivity index (χ0v) is 37.3. The summed E-state index contributed by atoms with van der Waals surface area (Å²) in [6.07, 6.45) is 4.02. The summed E-state index contributed by atoms with van der Waals surface area (Å²) in [5.74, 6) is 13.2. The molecule has 10 heteroatoms. The zero-order chi connectivity index (χ0) is 45.7. The molecule has 1 aromatic heterocycles. The van der Waals surface area contributed by atoms with Crippen LogP contribution in [0.3, 0.4) is 0 Å². The van der Waals surface area contributed by atoms with Crippen LogP contribution in [-0.4, -0.2) is 43.2 Å². The van der Waals surface area contributed by atoms with Crippen molar-refractivity contribution in [2.24, 2.45) is 0 Å². The summed E-state index contributed by atoms with van der Waals surface area (Å²) in [6.45, 7) is 5.58. The Labute approximate surface area is 388 Å². The lowest BCUT2D eigenvalue weighted by Gasteiger charge is -2.26. The van der Waals surface area contributed by atoms with Crippen LogP contribution in [0, 0.1) is 23.7 Å². The Kier molecular flexibility index (Phi) is 12.2. The van der Waals surface area contributed by atoms with Gasteiger partial charge in [0, 0.05) is 40.3 Å². The molecule has 10 bridgehead atoms. The van der Waals surface area contributed by atoms with Gasteiger partial charge in [-0.05, 0) is 119 Å². The number of rotatable bonds is 7. The molecule has 2 aliphatic heterocycles. The number of unbranched alkanes of at least 4 members (excludes halogenated alkanes) is 2. The van der Waals surface area contributed by atoms with Crippen LogP contribution in [0.5, 0.6) is 34.5 Å². The number of esters is 2. The number of anilines is 1. The van der Waals surface area contributed by atoms with Gasteiger partial charge in [-0.2, -0.15) is 0 Å². The Morgan fingerprint density at radius 3 is 1.40 bits per heavy atom. The van der Waals surface area contributed by atoms with Crippen molar-refractivity contribution in [1.29, 1.82) is 0 Å². The third-order valence-electron chi connectivity index (χ3n) is 11.9. The number of hydrogen-bond donors (Lipinski definition) is 0. The smallest absolute Gasteiger partial charge is 0.342 e. The molecule has 0 atom stereocenters. The molecule has 2 aliphatic rings. The molecule has 8 aromatic rings. The molecule has 0 saturated carbocycles. The van der Waals surface area contributed by atoms with Crippen molar-refractivity contribution in [1.82, 2.24) is 4.98 Å². The first kappa shape index (κ1) is 42.7. The molecular formula is C57H46N2O8. The highest BCUT2D eigenvalue weighted by molar-refractivity contribution is 6.11. The molecule has 0 spiro atoms. The van der Waals surface area contributed by atoms with E-state index in [0.717, 1.165) is 87.5 Å². The summed E-state index contributed by atoms with van der Waals surface area (Å²) in [6, 6.07) is 38.4. The van der Waals surface area contributed by atoms with Crippen LogP contribution in [0.4, 0.5) is 5.69 Å². The van der Waals surface area contributed by atoms with Crippen molar-refractivity contribution < 1.29 is 38.0 Å². The van der Waals surface area contributed by atoms with Gasteiger partial charge in [-0.3, -0.25) is 4.98 Å². The molecule has 332 valence electrons. The largest absolute Gasteiger partial charge is 0.480 e. The third kappa shape index (κ3) is 9.07. The number of benzene rings is 7. The summed E-state index contributed by atoms with van der Waals surface area (Å²) < 4.78 is 38.2. The average molecular weight is 887 g/mol. The lowest BCUT2D eigenvalue weighted by Crippen LogP contribution is -2.26. The molecule has 67 heavy (non-hydrogen) atoms. The van der Waals surface area contributed by atoms with Gasteiger partial charge in [0.15, 0.2) is 0 Å². The standard InChI is InChI=1S/C57H46N2O8/c1-3-5-23-59(24-6-4-2)43-33-41-35-64-56(60)50-29-39-27-44-21-19-37(39)31-52(50)62-25-13-7-8-14-26-63-53-32-38-20-22-45(28-40(38)30-51(53)57(61)65-36-42(34-43)58-41)67-55-48-17-11-9-15-46(48)54(66-44)47-16-10-12-18-49(47)55/h9-12,15-22,27-34H,3-6,23-26,35-36H2,1-2H3. The molecule has 10 rings (SSSR count). The summed E-state index contributed by atoms with van der Waals surface area (Å²) in [5.41, 5.74) is 2.31. The maximum Gasteiger partial charge on any atom is 0.342 e. The molecular weight excluding hydrogens is 841 g/mol. The molecule has 0 N–H and O–H groups in total. The quantitative estimate of drug-likeness (QED) is 0.0872. The van der Waals surface area contributed by atoms with Crippen LogP contribution in [0.2, 0.25) is 0 Å². The van der Waals surface area contributed by atoms with Crippen LogP contribution in [0.25, 0.3) is 43.1 Å². The molecule has 0 radical (unpaired) electrons. The molecule has 0 saturated heterocycles. The van der Waals surface area contributed by atoms with E-state index in [4.69, 9.17) is 33.4 Å². The predicted molar refractivity (Wildman–Crippen MR) is 261 cm³/mol. The van der Waals surface area contributed by atoms with Crippen molar-refractivity contribution in [2.45, 2.75) is 52.7 Å². The van der Waals surface area contributed by atoms with Crippen LogP contribution in [-0.2, 0) is 22.7 Å². The second-order valence-electron chi connectivity index (χ2n) is 16.5. The lowest BCUT2D eigenvalue weighted by atomic mass is 10.00. The maximum absolute atomic E-state index is 14.3. The predicted octanol–water partition coefficient (Wildman–Crippen LogP) is 12.5. The van der Waals surface area contributed by atoms with E-state index < -0.39 is 11.9 Å². The monoisotopic (exact) mass is 886 g/mol. The number of carbonyl (C=O) groups is 2. The van der Waals surface area contributed by atoms with Crippen molar-refractivity contribution in [2.75, 3.05) is 31.2 Å². The van der Waals surface area contributed by atoms with E-state index in [9.17, 15) is 9.59 Å². The fourth-order valence-electron chi connectivity index (χ4n) is 8.55. The first-order chi connectivity index (χ1) is 32.9. The average Bonchev–Trinajstić information content (AvgIpc) is 3.35. The molecule has 0 unspecified atom stereocenters. The van der Waals surface area contributed by atoms with Gasteiger partial charge >= 0.3 is 11.9 Å². The molecule has 7 aromatic carbocycles. The number of hydrogen-bond acceptors (Lipinski definition) is 10. The highest BCUT2D eigenvalue weighted by Gasteiger charge is 2.23. The van der Waals surface area contributed by atoms with Gasteiger partial charge in [-0.15, -0.1) is 0 Å². The SMILES string of the molecule is CCCCN(CCCC)c1cc2nc(c1)COC(=O)c1cc3cc4ccc3cc1OCC#CC#CCOc1cc3ccc(cc3cc1C(=O)OC2)Oc1c2ccccc2c(c2ccccc12)O4. The minimum Gasteiger partial charge on any atom is -0.480 e. The van der Waals surface area contributed by atoms with E-state index in [-0.39, 0.29) is 37.6 Å². The van der Waals surface area contributed by atoms with Crippen molar-refractivity contribution >= 4 is 60.7 Å². The minimum atomic E-state index is -0.613. The fourth-order valence-corrected chi connectivity index (χ4v) is 8.55. The molecule has 3 heterocycles. The lowest BCUT2D eigenvalue weighted by molar-refractivity contribution is 0.0459. The van der Waals surface area contributed by atoms with E-state index in [2.05, 4.69) is 42.4 Å². The second kappa shape index (κ2) is 19.1. The highest BCUT2D eigenvalue weighted by Crippen LogP contribution is 2.46. The number of ether oxygens (including phenoxy) is 6. The number of nitrogens with zero attached hydrogens (tertiary/aromatic N) is 2. The van der Waals surface area contributed by atoms with Crippen LogP contribution in [0.15, 0.2) is 121 Å². The topological polar surface area (TPSA) is 106 Å². The molecule has 0 fully saturated rings. The Hall–Kier alpha value is -8.21. The number of pyridine rings is 1. The third-order valence-corrected chi connectivity index (χ3v) is 11.9.